The minimum absolute atomic E-state index is 0.0186. The van der Waals surface area contributed by atoms with Crippen LogP contribution in [0.3, 0.4) is 0 Å². The summed E-state index contributed by atoms with van der Waals surface area (Å²) in [5.41, 5.74) is 0.125. The van der Waals surface area contributed by atoms with Gasteiger partial charge in [0.2, 0.25) is 0 Å². The Morgan fingerprint density at radius 3 is 2.73 bits per heavy atom. The lowest BCUT2D eigenvalue weighted by atomic mass is 9.75. The summed E-state index contributed by atoms with van der Waals surface area (Å²) in [6, 6.07) is 7.41. The minimum atomic E-state index is -0.0186. The van der Waals surface area contributed by atoms with Gasteiger partial charge < -0.3 is 4.90 Å². The van der Waals surface area contributed by atoms with Crippen LogP contribution in [0.5, 0.6) is 0 Å². The smallest absolute Gasteiger partial charge is 0.319 e. The zero-order valence-electron chi connectivity index (χ0n) is 12.4. The van der Waals surface area contributed by atoms with Crippen LogP contribution in [0.4, 0.5) is 10.6 Å². The van der Waals surface area contributed by atoms with Crippen LogP contribution in [0.1, 0.15) is 32.1 Å². The highest BCUT2D eigenvalue weighted by atomic mass is 16.2. The standard InChI is InChI=1S/C16H19N5O/c22-15(20-12-4-9-16(20)7-3-8-16)19-14-6-11-18-21(14)13-5-1-2-10-17-13/h1-2,5-6,10-11H,3-4,7-9,12H2,(H,19,22). The monoisotopic (exact) mass is 297 g/mol. The molecule has 0 radical (unpaired) electrons. The van der Waals surface area contributed by atoms with Gasteiger partial charge in [-0.25, -0.2) is 9.78 Å². The zero-order chi connectivity index (χ0) is 15.0. The summed E-state index contributed by atoms with van der Waals surface area (Å²) in [4.78, 5) is 19.0. The van der Waals surface area contributed by atoms with Crippen molar-refractivity contribution in [2.75, 3.05) is 11.9 Å². The number of carbonyl (C=O) groups excluding carboxylic acids is 1. The van der Waals surface area contributed by atoms with Gasteiger partial charge in [0.05, 0.1) is 6.20 Å². The molecule has 2 fully saturated rings. The fraction of sp³-hybridized carbons (Fsp3) is 0.438. The summed E-state index contributed by atoms with van der Waals surface area (Å²) in [6.07, 6.45) is 9.14. The summed E-state index contributed by atoms with van der Waals surface area (Å²) < 4.78 is 1.65. The average Bonchev–Trinajstić information content (AvgIpc) is 3.14. The lowest BCUT2D eigenvalue weighted by Crippen LogP contribution is -2.53. The first-order chi connectivity index (χ1) is 10.8. The van der Waals surface area contributed by atoms with Crippen molar-refractivity contribution < 1.29 is 4.79 Å². The molecule has 6 nitrogen and oxygen atoms in total. The maximum Gasteiger partial charge on any atom is 0.323 e. The predicted octanol–water partition coefficient (Wildman–Crippen LogP) is 2.82. The number of amides is 2. The lowest BCUT2D eigenvalue weighted by molar-refractivity contribution is 0.0881. The van der Waals surface area contributed by atoms with Gasteiger partial charge in [-0.15, -0.1) is 0 Å². The Hall–Kier alpha value is -2.37. The Morgan fingerprint density at radius 2 is 2.00 bits per heavy atom. The molecule has 0 atom stereocenters. The van der Waals surface area contributed by atoms with Crippen LogP contribution in [-0.4, -0.2) is 37.8 Å². The van der Waals surface area contributed by atoms with Gasteiger partial charge >= 0.3 is 6.03 Å². The highest BCUT2D eigenvalue weighted by molar-refractivity contribution is 5.89. The summed E-state index contributed by atoms with van der Waals surface area (Å²) >= 11 is 0. The van der Waals surface area contributed by atoms with E-state index in [1.165, 1.54) is 6.42 Å². The van der Waals surface area contributed by atoms with E-state index in [9.17, 15) is 4.79 Å². The van der Waals surface area contributed by atoms with Crippen molar-refractivity contribution >= 4 is 11.8 Å². The second kappa shape index (κ2) is 5.12. The number of likely N-dealkylation sites (tertiary alicyclic amines) is 1. The Morgan fingerprint density at radius 1 is 1.14 bits per heavy atom. The van der Waals surface area contributed by atoms with Gasteiger partial charge in [-0.3, -0.25) is 5.32 Å². The van der Waals surface area contributed by atoms with Crippen molar-refractivity contribution in [1.82, 2.24) is 19.7 Å². The summed E-state index contributed by atoms with van der Waals surface area (Å²) in [5.74, 6) is 1.35. The van der Waals surface area contributed by atoms with Gasteiger partial charge in [-0.2, -0.15) is 9.78 Å². The van der Waals surface area contributed by atoms with Gasteiger partial charge in [-0.05, 0) is 44.2 Å². The molecule has 22 heavy (non-hydrogen) atoms. The molecular formula is C16H19N5O. The highest BCUT2D eigenvalue weighted by Gasteiger charge is 2.47. The molecule has 114 valence electrons. The zero-order valence-corrected chi connectivity index (χ0v) is 12.4. The molecule has 1 spiro atoms. The third kappa shape index (κ3) is 2.06. The molecule has 1 saturated heterocycles. The van der Waals surface area contributed by atoms with Crippen molar-refractivity contribution in [2.24, 2.45) is 0 Å². The van der Waals surface area contributed by atoms with Gasteiger partial charge in [0.25, 0.3) is 0 Å². The normalized spacial score (nSPS) is 19.2. The van der Waals surface area contributed by atoms with Crippen LogP contribution in [0.2, 0.25) is 0 Å². The minimum Gasteiger partial charge on any atom is -0.319 e. The first-order valence-electron chi connectivity index (χ1n) is 7.83. The number of urea groups is 1. The van der Waals surface area contributed by atoms with Crippen LogP contribution in [-0.2, 0) is 0 Å². The highest BCUT2D eigenvalue weighted by Crippen LogP contribution is 2.45. The molecule has 2 aliphatic rings. The molecule has 2 amide bonds. The summed E-state index contributed by atoms with van der Waals surface area (Å²) in [5, 5.41) is 7.26. The maximum atomic E-state index is 12.7. The first kappa shape index (κ1) is 13.3. The molecule has 2 aromatic heterocycles. The van der Waals surface area contributed by atoms with Crippen LogP contribution in [0, 0.1) is 0 Å². The van der Waals surface area contributed by atoms with Crippen LogP contribution >= 0.6 is 0 Å². The van der Waals surface area contributed by atoms with Gasteiger partial charge in [0, 0.05) is 24.3 Å². The summed E-state index contributed by atoms with van der Waals surface area (Å²) in [7, 11) is 0. The molecule has 1 N–H and O–H groups in total. The largest absolute Gasteiger partial charge is 0.323 e. The SMILES string of the molecule is O=C(Nc1ccnn1-c1ccccn1)N1CCCC12CCC2. The average molecular weight is 297 g/mol. The Bertz CT molecular complexity index is 677. The number of hydrogen-bond acceptors (Lipinski definition) is 3. The number of hydrogen-bond donors (Lipinski definition) is 1. The number of carbonyl (C=O) groups is 1. The van der Waals surface area contributed by atoms with E-state index in [4.69, 9.17) is 0 Å². The van der Waals surface area contributed by atoms with E-state index in [0.717, 1.165) is 32.2 Å². The van der Waals surface area contributed by atoms with E-state index >= 15 is 0 Å². The third-order valence-corrected chi connectivity index (χ3v) is 4.87. The number of rotatable bonds is 2. The second-order valence-electron chi connectivity index (χ2n) is 6.08. The fourth-order valence-electron chi connectivity index (χ4n) is 3.60. The molecule has 3 heterocycles. The number of nitrogens with zero attached hydrogens (tertiary/aromatic N) is 4. The Labute approximate surface area is 129 Å². The quantitative estimate of drug-likeness (QED) is 0.927. The molecule has 0 unspecified atom stereocenters. The molecule has 6 heteroatoms. The van der Waals surface area contributed by atoms with E-state index in [2.05, 4.69) is 15.4 Å². The molecule has 1 aliphatic heterocycles. The van der Waals surface area contributed by atoms with Crippen LogP contribution in [0.25, 0.3) is 5.82 Å². The molecule has 0 bridgehead atoms. The molecule has 1 aliphatic carbocycles. The van der Waals surface area contributed by atoms with E-state index in [-0.39, 0.29) is 11.6 Å². The first-order valence-corrected chi connectivity index (χ1v) is 7.83. The number of pyridine rings is 1. The topological polar surface area (TPSA) is 63.1 Å². The molecule has 0 aromatic carbocycles. The van der Waals surface area contributed by atoms with E-state index < -0.39 is 0 Å². The van der Waals surface area contributed by atoms with Gasteiger partial charge in [0.1, 0.15) is 5.82 Å². The summed E-state index contributed by atoms with van der Waals surface area (Å²) in [6.45, 7) is 0.851. The molecule has 1 saturated carbocycles. The van der Waals surface area contributed by atoms with Crippen LogP contribution in [0.15, 0.2) is 36.7 Å². The lowest BCUT2D eigenvalue weighted by Gasteiger charge is -2.45. The molecule has 2 aromatic rings. The molecular weight excluding hydrogens is 278 g/mol. The van der Waals surface area contributed by atoms with Crippen molar-refractivity contribution in [1.29, 1.82) is 0 Å². The number of anilines is 1. The Balaban J connectivity index is 1.55. The second-order valence-corrected chi connectivity index (χ2v) is 6.08. The van der Waals surface area contributed by atoms with Gasteiger partial charge in [-0.1, -0.05) is 6.07 Å². The predicted molar refractivity (Wildman–Crippen MR) is 82.9 cm³/mol. The number of aromatic nitrogens is 3. The Kier molecular flexibility index (Phi) is 3.10. The number of nitrogens with one attached hydrogen (secondary N) is 1. The van der Waals surface area contributed by atoms with E-state index in [1.54, 1.807) is 23.1 Å². The van der Waals surface area contributed by atoms with Gasteiger partial charge in [0.15, 0.2) is 5.82 Å². The van der Waals surface area contributed by atoms with E-state index in [1.807, 2.05) is 23.1 Å². The van der Waals surface area contributed by atoms with Crippen molar-refractivity contribution in [3.8, 4) is 5.82 Å². The van der Waals surface area contributed by atoms with E-state index in [0.29, 0.717) is 11.6 Å². The van der Waals surface area contributed by atoms with Crippen molar-refractivity contribution in [2.45, 2.75) is 37.6 Å². The maximum absolute atomic E-state index is 12.7. The molecule has 4 rings (SSSR count). The van der Waals surface area contributed by atoms with Crippen molar-refractivity contribution in [3.05, 3.63) is 36.7 Å². The fourth-order valence-corrected chi connectivity index (χ4v) is 3.60. The third-order valence-electron chi connectivity index (χ3n) is 4.87. The van der Waals surface area contributed by atoms with Crippen LogP contribution < -0.4 is 5.32 Å². The van der Waals surface area contributed by atoms with Crippen molar-refractivity contribution in [3.63, 3.8) is 0 Å².